The van der Waals surface area contributed by atoms with Crippen LogP contribution in [0.3, 0.4) is 0 Å². The van der Waals surface area contributed by atoms with Crippen LogP contribution in [0.5, 0.6) is 0 Å². The fourth-order valence-corrected chi connectivity index (χ4v) is 5.87. The number of carbonyl (C=O) groups excluding carboxylic acids is 1. The summed E-state index contributed by atoms with van der Waals surface area (Å²) < 4.78 is 11.1. The fourth-order valence-electron chi connectivity index (χ4n) is 5.87. The topological polar surface area (TPSA) is 149 Å². The summed E-state index contributed by atoms with van der Waals surface area (Å²) in [6, 6.07) is -0.829. The Morgan fingerprint density at radius 2 is 1.25 bits per heavy atom. The normalized spacial score (nSPS) is 22.7. The lowest BCUT2D eigenvalue weighted by Crippen LogP contribution is -2.60. The van der Waals surface area contributed by atoms with Crippen LogP contribution in [0.25, 0.3) is 0 Å². The van der Waals surface area contributed by atoms with Crippen molar-refractivity contribution in [1.82, 2.24) is 5.32 Å². The largest absolute Gasteiger partial charge is 0.394 e. The van der Waals surface area contributed by atoms with Gasteiger partial charge in [-0.2, -0.15) is 0 Å². The zero-order chi connectivity index (χ0) is 37.4. The summed E-state index contributed by atoms with van der Waals surface area (Å²) >= 11 is 0. The predicted molar refractivity (Wildman–Crippen MR) is 207 cm³/mol. The Balaban J connectivity index is 2.37. The fraction of sp³-hybridized carbons (Fsp3) is 0.738. The molecule has 0 aliphatic carbocycles. The van der Waals surface area contributed by atoms with E-state index in [-0.39, 0.29) is 12.5 Å². The van der Waals surface area contributed by atoms with Crippen molar-refractivity contribution in [3.63, 3.8) is 0 Å². The van der Waals surface area contributed by atoms with Crippen LogP contribution in [0.2, 0.25) is 0 Å². The molecule has 9 heteroatoms. The molecule has 1 heterocycles. The number of ether oxygens (including phenoxy) is 2. The van der Waals surface area contributed by atoms with Crippen LogP contribution in [-0.2, 0) is 14.3 Å². The third-order valence-corrected chi connectivity index (χ3v) is 9.14. The van der Waals surface area contributed by atoms with Gasteiger partial charge in [0.05, 0.1) is 25.4 Å². The summed E-state index contributed by atoms with van der Waals surface area (Å²) in [6.45, 7) is 3.46. The van der Waals surface area contributed by atoms with E-state index in [9.17, 15) is 30.3 Å². The van der Waals surface area contributed by atoms with Crippen molar-refractivity contribution in [2.75, 3.05) is 13.2 Å². The average molecular weight is 720 g/mol. The van der Waals surface area contributed by atoms with E-state index in [1.54, 1.807) is 6.08 Å². The van der Waals surface area contributed by atoms with Gasteiger partial charge < -0.3 is 40.3 Å². The molecule has 51 heavy (non-hydrogen) atoms. The predicted octanol–water partition coefficient (Wildman–Crippen LogP) is 7.27. The Morgan fingerprint density at radius 3 is 1.86 bits per heavy atom. The first-order valence-corrected chi connectivity index (χ1v) is 20.0. The maximum absolute atomic E-state index is 12.9. The van der Waals surface area contributed by atoms with E-state index in [2.05, 4.69) is 54.8 Å². The summed E-state index contributed by atoms with van der Waals surface area (Å²) in [5.74, 6) is -0.203. The lowest BCUT2D eigenvalue weighted by Gasteiger charge is -2.40. The number of hydrogen-bond acceptors (Lipinski definition) is 8. The molecule has 0 aromatic rings. The summed E-state index contributed by atoms with van der Waals surface area (Å²) in [5, 5.41) is 53.8. The molecule has 7 unspecified atom stereocenters. The molecular formula is C42H73NO8. The minimum absolute atomic E-state index is 0.203. The maximum atomic E-state index is 12.9. The maximum Gasteiger partial charge on any atom is 0.220 e. The smallest absolute Gasteiger partial charge is 0.220 e. The standard InChI is InChI=1S/C42H73NO8/c1-3-5-7-9-11-13-14-15-16-17-18-19-20-21-22-24-26-28-30-32-38(46)43-35(36(45)31-29-27-25-23-12-10-8-6-4-2)34-50-42-41(49)40(48)39(47)37(33-44)51-42/h4,6,11-13,15-16,23,29,31,35-37,39-42,44-45,47-49H,3,5,7-10,14,17-22,24-28,30,32-34H2,1-2H3,(H,43,46)/b6-4+,13-11-,16-15-,23-12+,31-29+. The first kappa shape index (κ1) is 46.9. The molecule has 0 bridgehead atoms. The van der Waals surface area contributed by atoms with E-state index < -0.39 is 49.5 Å². The van der Waals surface area contributed by atoms with Gasteiger partial charge in [-0.05, 0) is 71.1 Å². The molecule has 9 nitrogen and oxygen atoms in total. The lowest BCUT2D eigenvalue weighted by molar-refractivity contribution is -0.302. The number of carbonyl (C=O) groups is 1. The van der Waals surface area contributed by atoms with Gasteiger partial charge in [-0.15, -0.1) is 0 Å². The number of rotatable bonds is 31. The monoisotopic (exact) mass is 720 g/mol. The van der Waals surface area contributed by atoms with Crippen LogP contribution in [0, 0.1) is 0 Å². The molecule has 6 N–H and O–H groups in total. The summed E-state index contributed by atoms with van der Waals surface area (Å²) in [4.78, 5) is 12.9. The molecule has 1 amide bonds. The molecule has 7 atom stereocenters. The zero-order valence-electron chi connectivity index (χ0n) is 31.8. The molecule has 1 aliphatic heterocycles. The highest BCUT2D eigenvalue weighted by Gasteiger charge is 2.44. The molecule has 1 rings (SSSR count). The Labute approximate surface area is 309 Å². The van der Waals surface area contributed by atoms with Crippen LogP contribution in [0.1, 0.15) is 142 Å². The minimum atomic E-state index is -1.57. The Bertz CT molecular complexity index is 978. The van der Waals surface area contributed by atoms with Gasteiger partial charge in [0, 0.05) is 6.42 Å². The van der Waals surface area contributed by atoms with Crippen molar-refractivity contribution < 1.29 is 39.8 Å². The van der Waals surface area contributed by atoms with Crippen molar-refractivity contribution in [3.8, 4) is 0 Å². The van der Waals surface area contributed by atoms with E-state index >= 15 is 0 Å². The second kappa shape index (κ2) is 32.5. The van der Waals surface area contributed by atoms with Crippen LogP contribution < -0.4 is 5.32 Å². The van der Waals surface area contributed by atoms with Crippen LogP contribution in [0.15, 0.2) is 60.8 Å². The molecule has 1 fully saturated rings. The molecular weight excluding hydrogens is 646 g/mol. The van der Waals surface area contributed by atoms with Gasteiger partial charge in [-0.1, -0.05) is 125 Å². The van der Waals surface area contributed by atoms with Gasteiger partial charge in [0.2, 0.25) is 5.91 Å². The van der Waals surface area contributed by atoms with E-state index in [1.165, 1.54) is 57.8 Å². The number of amides is 1. The molecule has 294 valence electrons. The third-order valence-electron chi connectivity index (χ3n) is 9.14. The Hall–Kier alpha value is -2.11. The van der Waals surface area contributed by atoms with Crippen molar-refractivity contribution in [2.24, 2.45) is 0 Å². The van der Waals surface area contributed by atoms with E-state index in [0.717, 1.165) is 64.2 Å². The number of aliphatic hydroxyl groups is 5. The van der Waals surface area contributed by atoms with Gasteiger partial charge in [-0.3, -0.25) is 4.79 Å². The number of nitrogens with one attached hydrogen (secondary N) is 1. The first-order valence-electron chi connectivity index (χ1n) is 20.0. The van der Waals surface area contributed by atoms with Crippen molar-refractivity contribution in [3.05, 3.63) is 60.8 Å². The summed E-state index contributed by atoms with van der Waals surface area (Å²) in [5.41, 5.74) is 0. The van der Waals surface area contributed by atoms with Crippen molar-refractivity contribution in [1.29, 1.82) is 0 Å². The second-order valence-corrected chi connectivity index (χ2v) is 13.7. The number of hydrogen-bond donors (Lipinski definition) is 6. The second-order valence-electron chi connectivity index (χ2n) is 13.7. The summed E-state index contributed by atoms with van der Waals surface area (Å²) in [7, 11) is 0. The minimum Gasteiger partial charge on any atom is -0.394 e. The number of aliphatic hydroxyl groups excluding tert-OH is 5. The Morgan fingerprint density at radius 1 is 0.706 bits per heavy atom. The van der Waals surface area contributed by atoms with E-state index in [4.69, 9.17) is 9.47 Å². The highest BCUT2D eigenvalue weighted by Crippen LogP contribution is 2.22. The lowest BCUT2D eigenvalue weighted by atomic mass is 9.99. The molecule has 1 aliphatic rings. The molecule has 0 spiro atoms. The Kier molecular flexibility index (Phi) is 29.9. The molecule has 0 saturated carbocycles. The van der Waals surface area contributed by atoms with Gasteiger partial charge in [0.1, 0.15) is 24.4 Å². The quantitative estimate of drug-likeness (QED) is 0.0324. The van der Waals surface area contributed by atoms with Crippen LogP contribution in [-0.4, -0.2) is 87.5 Å². The first-order chi connectivity index (χ1) is 24.8. The van der Waals surface area contributed by atoms with Gasteiger partial charge in [0.15, 0.2) is 6.29 Å². The molecule has 1 saturated heterocycles. The van der Waals surface area contributed by atoms with Crippen LogP contribution >= 0.6 is 0 Å². The zero-order valence-corrected chi connectivity index (χ0v) is 31.8. The number of unbranched alkanes of at least 4 members (excludes halogenated alkanes) is 14. The van der Waals surface area contributed by atoms with Crippen molar-refractivity contribution in [2.45, 2.75) is 185 Å². The summed E-state index contributed by atoms with van der Waals surface area (Å²) in [6.07, 6.45) is 34.3. The van der Waals surface area contributed by atoms with Gasteiger partial charge in [-0.25, -0.2) is 0 Å². The molecule has 0 aromatic carbocycles. The number of allylic oxidation sites excluding steroid dienone is 9. The molecule has 0 aromatic heterocycles. The van der Waals surface area contributed by atoms with Gasteiger partial charge >= 0.3 is 0 Å². The van der Waals surface area contributed by atoms with E-state index in [1.807, 2.05) is 19.1 Å². The average Bonchev–Trinajstić information content (AvgIpc) is 3.13. The van der Waals surface area contributed by atoms with Crippen molar-refractivity contribution >= 4 is 5.91 Å². The SMILES string of the molecule is C/C=C/CC/C=C/CC/C=C/C(O)C(COC1OC(CO)C(O)C(O)C1O)NC(=O)CCCCCCCCCCC/C=C\C/C=C\CCCCC. The van der Waals surface area contributed by atoms with E-state index in [0.29, 0.717) is 6.42 Å². The highest BCUT2D eigenvalue weighted by atomic mass is 16.7. The highest BCUT2D eigenvalue weighted by molar-refractivity contribution is 5.76. The van der Waals surface area contributed by atoms with Crippen LogP contribution in [0.4, 0.5) is 0 Å². The van der Waals surface area contributed by atoms with Gasteiger partial charge in [0.25, 0.3) is 0 Å². The molecule has 0 radical (unpaired) electrons. The third kappa shape index (κ3) is 24.0.